The van der Waals surface area contributed by atoms with Gasteiger partial charge in [0.25, 0.3) is 0 Å². The molecule has 4 aromatic rings. The number of carbonyl (C=O) groups is 1. The molecule has 0 fully saturated rings. The fourth-order valence-electron chi connectivity index (χ4n) is 4.52. The normalized spacial score (nSPS) is 20.5. The zero-order valence-electron chi connectivity index (χ0n) is 15.9. The van der Waals surface area contributed by atoms with Crippen molar-refractivity contribution in [1.29, 1.82) is 0 Å². The van der Waals surface area contributed by atoms with Gasteiger partial charge < -0.3 is 10.4 Å². The van der Waals surface area contributed by atoms with Gasteiger partial charge in [0.15, 0.2) is 5.13 Å². The number of benzene rings is 3. The van der Waals surface area contributed by atoms with Crippen molar-refractivity contribution in [3.8, 4) is 5.75 Å². The van der Waals surface area contributed by atoms with Crippen LogP contribution in [0.4, 0.5) is 5.13 Å². The second-order valence-electron chi connectivity index (χ2n) is 7.81. The lowest BCUT2D eigenvalue weighted by Gasteiger charge is -2.31. The highest BCUT2D eigenvalue weighted by Crippen LogP contribution is 2.52. The molecule has 1 aliphatic carbocycles. The molecular weight excluding hydrogens is 380 g/mol. The maximum Gasteiger partial charge on any atom is 0.233 e. The zero-order valence-corrected chi connectivity index (χ0v) is 16.7. The molecule has 1 aromatic heterocycles. The number of nitrogens with zero attached hydrogens (tertiary/aromatic N) is 1. The van der Waals surface area contributed by atoms with E-state index in [1.807, 2.05) is 30.5 Å². The van der Waals surface area contributed by atoms with Crippen LogP contribution in [0, 0.1) is 5.41 Å². The number of phenolic OH excluding ortho intramolecular Hbond substituents is 1. The van der Waals surface area contributed by atoms with Gasteiger partial charge in [-0.1, -0.05) is 48.5 Å². The number of thiazole rings is 1. The van der Waals surface area contributed by atoms with E-state index in [0.29, 0.717) is 11.6 Å². The van der Waals surface area contributed by atoms with Crippen molar-refractivity contribution >= 4 is 33.1 Å². The van der Waals surface area contributed by atoms with E-state index in [1.54, 1.807) is 18.3 Å². The lowest BCUT2D eigenvalue weighted by atomic mass is 9.73. The number of fused-ring (bicyclic) bond motifs is 2. The first-order valence-corrected chi connectivity index (χ1v) is 10.4. The lowest BCUT2D eigenvalue weighted by molar-refractivity contribution is -0.125. The Bertz CT molecular complexity index is 1220. The molecule has 29 heavy (non-hydrogen) atoms. The highest BCUT2D eigenvalue weighted by molar-refractivity contribution is 7.13. The highest BCUT2D eigenvalue weighted by Gasteiger charge is 2.49. The van der Waals surface area contributed by atoms with Crippen molar-refractivity contribution in [1.82, 2.24) is 4.98 Å². The number of rotatable bonds is 3. The van der Waals surface area contributed by atoms with Gasteiger partial charge in [-0.05, 0) is 52.9 Å². The summed E-state index contributed by atoms with van der Waals surface area (Å²) >= 11 is 1.41. The van der Waals surface area contributed by atoms with Crippen LogP contribution in [-0.2, 0) is 11.2 Å². The number of hydrogen-bond acceptors (Lipinski definition) is 4. The third-order valence-corrected chi connectivity index (χ3v) is 6.60. The molecule has 2 atom stereocenters. The van der Waals surface area contributed by atoms with Crippen LogP contribution >= 0.6 is 11.3 Å². The number of amides is 1. The third-order valence-electron chi connectivity index (χ3n) is 5.91. The molecule has 0 radical (unpaired) electrons. The molecule has 1 heterocycles. The summed E-state index contributed by atoms with van der Waals surface area (Å²) in [7, 11) is 0. The number of aromatic nitrogens is 1. The maximum atomic E-state index is 13.4. The molecule has 1 aliphatic rings. The van der Waals surface area contributed by atoms with Gasteiger partial charge in [-0.25, -0.2) is 4.98 Å². The van der Waals surface area contributed by atoms with Gasteiger partial charge in [-0.15, -0.1) is 11.3 Å². The number of aromatic hydroxyl groups is 1. The molecule has 1 amide bonds. The predicted molar refractivity (Wildman–Crippen MR) is 116 cm³/mol. The first-order chi connectivity index (χ1) is 14.0. The maximum absolute atomic E-state index is 13.4. The quantitative estimate of drug-likeness (QED) is 0.488. The van der Waals surface area contributed by atoms with Gasteiger partial charge in [0.1, 0.15) is 5.75 Å². The number of phenols is 1. The summed E-state index contributed by atoms with van der Waals surface area (Å²) in [6.07, 6.45) is 2.29. The van der Waals surface area contributed by atoms with Gasteiger partial charge in [-0.3, -0.25) is 4.79 Å². The summed E-state index contributed by atoms with van der Waals surface area (Å²) in [6, 6.07) is 20.0. The summed E-state index contributed by atoms with van der Waals surface area (Å²) in [4.78, 5) is 17.6. The van der Waals surface area contributed by atoms with Crippen LogP contribution in [0.2, 0.25) is 0 Å². The summed E-state index contributed by atoms with van der Waals surface area (Å²) in [5.41, 5.74) is 2.49. The monoisotopic (exact) mass is 400 g/mol. The average Bonchev–Trinajstić information content (AvgIpc) is 3.33. The molecule has 2 N–H and O–H groups in total. The Morgan fingerprint density at radius 3 is 2.76 bits per heavy atom. The average molecular weight is 401 g/mol. The third kappa shape index (κ3) is 2.98. The predicted octanol–water partition coefficient (Wildman–Crippen LogP) is 5.33. The van der Waals surface area contributed by atoms with Crippen molar-refractivity contribution in [2.24, 2.45) is 5.41 Å². The number of hydrogen-bond donors (Lipinski definition) is 2. The molecule has 144 valence electrons. The van der Waals surface area contributed by atoms with Crippen LogP contribution in [0.1, 0.15) is 29.5 Å². The van der Waals surface area contributed by atoms with Crippen LogP contribution in [0.15, 0.2) is 72.2 Å². The van der Waals surface area contributed by atoms with Gasteiger partial charge >= 0.3 is 0 Å². The summed E-state index contributed by atoms with van der Waals surface area (Å²) in [5, 5.41) is 17.9. The Balaban J connectivity index is 1.64. The molecule has 0 saturated carbocycles. The molecule has 0 aliphatic heterocycles. The first-order valence-electron chi connectivity index (χ1n) is 9.56. The highest BCUT2D eigenvalue weighted by atomic mass is 32.1. The van der Waals surface area contributed by atoms with Crippen LogP contribution in [-0.4, -0.2) is 16.0 Å². The summed E-state index contributed by atoms with van der Waals surface area (Å²) in [6.45, 7) is 2.01. The molecule has 5 heteroatoms. The van der Waals surface area contributed by atoms with E-state index in [-0.39, 0.29) is 17.6 Å². The van der Waals surface area contributed by atoms with Crippen LogP contribution < -0.4 is 5.32 Å². The standard InChI is InChI=1S/C24H20N2O2S/c1-24(22(28)26-23-25-10-11-29-23)14-18-8-9-19(27)13-20(18)21(24)17-7-6-15-4-2-3-5-16(15)12-17/h2-13,21,27H,14H2,1H3,(H,25,26,28)/t21-,24-/m0/s1. The second-order valence-corrected chi connectivity index (χ2v) is 8.70. The van der Waals surface area contributed by atoms with Crippen molar-refractivity contribution in [2.45, 2.75) is 19.3 Å². The topological polar surface area (TPSA) is 62.2 Å². The lowest BCUT2D eigenvalue weighted by Crippen LogP contribution is -2.37. The van der Waals surface area contributed by atoms with E-state index in [2.05, 4.69) is 40.6 Å². The van der Waals surface area contributed by atoms with E-state index in [4.69, 9.17) is 0 Å². The number of carbonyl (C=O) groups excluding carboxylic acids is 1. The smallest absolute Gasteiger partial charge is 0.233 e. The van der Waals surface area contributed by atoms with E-state index in [0.717, 1.165) is 22.1 Å². The van der Waals surface area contributed by atoms with Crippen molar-refractivity contribution in [2.75, 3.05) is 5.32 Å². The zero-order chi connectivity index (χ0) is 20.0. The van der Waals surface area contributed by atoms with Crippen LogP contribution in [0.25, 0.3) is 10.8 Å². The molecule has 0 bridgehead atoms. The molecule has 0 unspecified atom stereocenters. The molecule has 5 rings (SSSR count). The minimum atomic E-state index is -0.690. The van der Waals surface area contributed by atoms with Gasteiger partial charge in [0.2, 0.25) is 5.91 Å². The van der Waals surface area contributed by atoms with Crippen molar-refractivity contribution in [3.63, 3.8) is 0 Å². The van der Waals surface area contributed by atoms with Crippen LogP contribution in [0.3, 0.4) is 0 Å². The molecule has 4 nitrogen and oxygen atoms in total. The Morgan fingerprint density at radius 2 is 1.97 bits per heavy atom. The van der Waals surface area contributed by atoms with Gasteiger partial charge in [0.05, 0.1) is 5.41 Å². The SMILES string of the molecule is C[C@]1(C(=O)Nc2nccs2)Cc2ccc(O)cc2[C@@H]1c1ccc2ccccc2c1. The molecule has 0 saturated heterocycles. The molecular formula is C24H20N2O2S. The van der Waals surface area contributed by atoms with E-state index >= 15 is 0 Å². The fourth-order valence-corrected chi connectivity index (χ4v) is 5.05. The minimum absolute atomic E-state index is 0.0544. The largest absolute Gasteiger partial charge is 0.508 e. The summed E-state index contributed by atoms with van der Waals surface area (Å²) < 4.78 is 0. The van der Waals surface area contributed by atoms with Crippen LogP contribution in [0.5, 0.6) is 5.75 Å². The Hall–Kier alpha value is -3.18. The number of anilines is 1. The Morgan fingerprint density at radius 1 is 1.14 bits per heavy atom. The second kappa shape index (κ2) is 6.71. The van der Waals surface area contributed by atoms with E-state index in [9.17, 15) is 9.90 Å². The van der Waals surface area contributed by atoms with Gasteiger partial charge in [-0.2, -0.15) is 0 Å². The van der Waals surface area contributed by atoms with E-state index in [1.165, 1.54) is 16.7 Å². The summed E-state index contributed by atoms with van der Waals surface area (Å²) in [5.74, 6) is 0.00888. The fraction of sp³-hybridized carbons (Fsp3) is 0.167. The molecule has 3 aromatic carbocycles. The van der Waals surface area contributed by atoms with Crippen molar-refractivity contribution < 1.29 is 9.90 Å². The number of nitrogens with one attached hydrogen (secondary N) is 1. The van der Waals surface area contributed by atoms with Gasteiger partial charge in [0, 0.05) is 17.5 Å². The Kier molecular flexibility index (Phi) is 4.14. The van der Waals surface area contributed by atoms with E-state index < -0.39 is 5.41 Å². The minimum Gasteiger partial charge on any atom is -0.508 e. The molecule has 0 spiro atoms. The Labute approximate surface area is 172 Å². The first kappa shape index (κ1) is 17.9. The van der Waals surface area contributed by atoms with Crippen molar-refractivity contribution in [3.05, 3.63) is 88.9 Å².